The molecule has 0 radical (unpaired) electrons. The zero-order valence-corrected chi connectivity index (χ0v) is 11.1. The van der Waals surface area contributed by atoms with Crippen LogP contribution in [0.3, 0.4) is 0 Å². The molecule has 90 valence electrons. The molecule has 0 spiro atoms. The van der Waals surface area contributed by atoms with Gasteiger partial charge in [-0.2, -0.15) is 0 Å². The molecule has 1 aromatic rings. The maximum Gasteiger partial charge on any atom is 0.0621 e. The Hall–Kier alpha value is -0.600. The summed E-state index contributed by atoms with van der Waals surface area (Å²) in [4.78, 5) is 4.01. The van der Waals surface area contributed by atoms with Crippen molar-refractivity contribution in [1.29, 1.82) is 0 Å². The van der Waals surface area contributed by atoms with Crippen molar-refractivity contribution in [2.45, 2.75) is 27.2 Å². The number of halogens is 1. The summed E-state index contributed by atoms with van der Waals surface area (Å²) in [6, 6.07) is 2.02. The molecule has 0 aromatic carbocycles. The predicted octanol–water partition coefficient (Wildman–Crippen LogP) is 3.16. The van der Waals surface area contributed by atoms with Crippen molar-refractivity contribution < 1.29 is 0 Å². The first-order valence-corrected chi connectivity index (χ1v) is 6.32. The molecule has 1 heterocycles. The van der Waals surface area contributed by atoms with E-state index in [0.717, 1.165) is 24.5 Å². The molecule has 1 N–H and O–H groups in total. The smallest absolute Gasteiger partial charge is 0.0621 e. The zero-order chi connectivity index (χ0) is 12.0. The number of hydrogen-bond acceptors (Lipinski definition) is 2. The van der Waals surface area contributed by atoms with Gasteiger partial charge in [-0.05, 0) is 43.0 Å². The number of rotatable bonds is 6. The van der Waals surface area contributed by atoms with E-state index in [9.17, 15) is 0 Å². The highest BCUT2D eigenvalue weighted by molar-refractivity contribution is 6.31. The first-order valence-electron chi connectivity index (χ1n) is 5.94. The van der Waals surface area contributed by atoms with E-state index in [0.29, 0.717) is 11.8 Å². The number of hydrogen-bond donors (Lipinski definition) is 1. The van der Waals surface area contributed by atoms with Crippen molar-refractivity contribution in [1.82, 2.24) is 10.3 Å². The summed E-state index contributed by atoms with van der Waals surface area (Å²) >= 11 is 6.12. The second-order valence-corrected chi connectivity index (χ2v) is 4.89. The molecule has 0 bridgehead atoms. The summed E-state index contributed by atoms with van der Waals surface area (Å²) in [5.74, 6) is 1.28. The van der Waals surface area contributed by atoms with Crippen LogP contribution in [0.5, 0.6) is 0 Å². The minimum atomic E-state index is 0.625. The van der Waals surface area contributed by atoms with Crippen LogP contribution < -0.4 is 5.32 Å². The second kappa shape index (κ2) is 6.87. The summed E-state index contributed by atoms with van der Waals surface area (Å²) in [7, 11) is 0. The minimum absolute atomic E-state index is 0.625. The largest absolute Gasteiger partial charge is 0.317 e. The Bertz CT molecular complexity index is 313. The van der Waals surface area contributed by atoms with Gasteiger partial charge < -0.3 is 5.32 Å². The van der Waals surface area contributed by atoms with Crippen molar-refractivity contribution >= 4 is 11.6 Å². The molecule has 1 atom stereocenters. The number of pyridine rings is 1. The Labute approximate surface area is 103 Å². The lowest BCUT2D eigenvalue weighted by Crippen LogP contribution is -2.27. The topological polar surface area (TPSA) is 24.9 Å². The van der Waals surface area contributed by atoms with Crippen molar-refractivity contribution in [3.63, 3.8) is 0 Å². The van der Waals surface area contributed by atoms with Crippen LogP contribution in [0.25, 0.3) is 0 Å². The highest BCUT2D eigenvalue weighted by Gasteiger charge is 2.14. The highest BCUT2D eigenvalue weighted by Crippen LogP contribution is 2.21. The molecule has 2 nitrogen and oxygen atoms in total. The molecule has 0 fully saturated rings. The average Bonchev–Trinajstić information content (AvgIpc) is 2.26. The molecule has 3 heteroatoms. The van der Waals surface area contributed by atoms with Crippen LogP contribution in [0.4, 0.5) is 0 Å². The Kier molecular flexibility index (Phi) is 5.78. The van der Waals surface area contributed by atoms with E-state index < -0.39 is 0 Å². The number of aromatic nitrogens is 1. The summed E-state index contributed by atoms with van der Waals surface area (Å²) in [5.41, 5.74) is 1.20. The number of nitrogens with one attached hydrogen (secondary N) is 1. The summed E-state index contributed by atoms with van der Waals surface area (Å²) in [6.45, 7) is 8.73. The fraction of sp³-hybridized carbons (Fsp3) is 0.615. The van der Waals surface area contributed by atoms with Gasteiger partial charge in [0.2, 0.25) is 0 Å². The van der Waals surface area contributed by atoms with Crippen LogP contribution in [0.2, 0.25) is 5.02 Å². The highest BCUT2D eigenvalue weighted by atomic mass is 35.5. The molecule has 0 saturated heterocycles. The van der Waals surface area contributed by atoms with E-state index >= 15 is 0 Å². The van der Waals surface area contributed by atoms with Gasteiger partial charge in [0.15, 0.2) is 0 Å². The van der Waals surface area contributed by atoms with E-state index in [4.69, 9.17) is 11.6 Å². The second-order valence-electron chi connectivity index (χ2n) is 4.48. The van der Waals surface area contributed by atoms with Gasteiger partial charge in [0.05, 0.1) is 5.02 Å². The van der Waals surface area contributed by atoms with Crippen molar-refractivity contribution in [2.75, 3.05) is 13.1 Å². The zero-order valence-electron chi connectivity index (χ0n) is 10.3. The maximum atomic E-state index is 6.12. The van der Waals surface area contributed by atoms with Gasteiger partial charge in [-0.25, -0.2) is 0 Å². The van der Waals surface area contributed by atoms with Gasteiger partial charge in [-0.15, -0.1) is 0 Å². The predicted molar refractivity (Wildman–Crippen MR) is 69.8 cm³/mol. The normalized spacial score (nSPS) is 13.1. The van der Waals surface area contributed by atoms with Crippen LogP contribution in [0, 0.1) is 11.8 Å². The molecule has 0 aliphatic carbocycles. The molecule has 0 saturated carbocycles. The summed E-state index contributed by atoms with van der Waals surface area (Å²) < 4.78 is 0. The lowest BCUT2D eigenvalue weighted by Gasteiger charge is -2.21. The van der Waals surface area contributed by atoms with E-state index in [2.05, 4.69) is 31.1 Å². The van der Waals surface area contributed by atoms with Crippen LogP contribution in [-0.2, 0) is 6.42 Å². The maximum absolute atomic E-state index is 6.12. The van der Waals surface area contributed by atoms with Gasteiger partial charge >= 0.3 is 0 Å². The first-order chi connectivity index (χ1) is 7.65. The molecule has 0 aliphatic heterocycles. The van der Waals surface area contributed by atoms with E-state index in [1.54, 1.807) is 6.20 Å². The Morgan fingerprint density at radius 3 is 2.75 bits per heavy atom. The van der Waals surface area contributed by atoms with Crippen molar-refractivity contribution in [3.8, 4) is 0 Å². The molecule has 16 heavy (non-hydrogen) atoms. The van der Waals surface area contributed by atoms with E-state index in [1.807, 2.05) is 12.3 Å². The monoisotopic (exact) mass is 240 g/mol. The van der Waals surface area contributed by atoms with Gasteiger partial charge in [-0.3, -0.25) is 4.98 Å². The van der Waals surface area contributed by atoms with Crippen LogP contribution in [0.15, 0.2) is 18.5 Å². The van der Waals surface area contributed by atoms with Crippen LogP contribution >= 0.6 is 11.6 Å². The fourth-order valence-electron chi connectivity index (χ4n) is 1.73. The molecule has 0 amide bonds. The molecule has 1 rings (SSSR count). The SMILES string of the molecule is CCNCC(Cc1ccncc1Cl)C(C)C. The van der Waals surface area contributed by atoms with Crippen LogP contribution in [-0.4, -0.2) is 18.1 Å². The van der Waals surface area contributed by atoms with Gasteiger partial charge in [0.25, 0.3) is 0 Å². The molecular formula is C13H21ClN2. The Balaban J connectivity index is 2.64. The summed E-state index contributed by atoms with van der Waals surface area (Å²) in [5, 5.41) is 4.19. The fourth-order valence-corrected chi connectivity index (χ4v) is 1.92. The molecule has 1 unspecified atom stereocenters. The Morgan fingerprint density at radius 2 is 2.19 bits per heavy atom. The molecule has 1 aromatic heterocycles. The lowest BCUT2D eigenvalue weighted by molar-refractivity contribution is 0.364. The van der Waals surface area contributed by atoms with E-state index in [-0.39, 0.29) is 0 Å². The van der Waals surface area contributed by atoms with Crippen LogP contribution in [0.1, 0.15) is 26.3 Å². The third-order valence-corrected chi connectivity index (χ3v) is 3.28. The van der Waals surface area contributed by atoms with Crippen molar-refractivity contribution in [2.24, 2.45) is 11.8 Å². The van der Waals surface area contributed by atoms with Gasteiger partial charge in [-0.1, -0.05) is 32.4 Å². The molecular weight excluding hydrogens is 220 g/mol. The standard InChI is InChI=1S/C13H21ClN2/c1-4-15-8-12(10(2)3)7-11-5-6-16-9-13(11)14/h5-6,9-10,12,15H,4,7-8H2,1-3H3. The minimum Gasteiger partial charge on any atom is -0.317 e. The lowest BCUT2D eigenvalue weighted by atomic mass is 9.89. The van der Waals surface area contributed by atoms with Gasteiger partial charge in [0, 0.05) is 12.4 Å². The number of nitrogens with zero attached hydrogens (tertiary/aromatic N) is 1. The van der Waals surface area contributed by atoms with Gasteiger partial charge in [0.1, 0.15) is 0 Å². The third-order valence-electron chi connectivity index (χ3n) is 2.94. The molecule has 0 aliphatic rings. The summed E-state index contributed by atoms with van der Waals surface area (Å²) in [6.07, 6.45) is 4.55. The average molecular weight is 241 g/mol. The Morgan fingerprint density at radius 1 is 1.44 bits per heavy atom. The van der Waals surface area contributed by atoms with E-state index in [1.165, 1.54) is 5.56 Å². The van der Waals surface area contributed by atoms with Crippen molar-refractivity contribution in [3.05, 3.63) is 29.0 Å². The third kappa shape index (κ3) is 4.11. The quantitative estimate of drug-likeness (QED) is 0.826. The first kappa shape index (κ1) is 13.5.